The van der Waals surface area contributed by atoms with Crippen molar-refractivity contribution in [1.29, 1.82) is 0 Å². The number of ether oxygens (including phenoxy) is 1. The minimum absolute atomic E-state index is 0.0582. The summed E-state index contributed by atoms with van der Waals surface area (Å²) < 4.78 is 43.1. The van der Waals surface area contributed by atoms with Gasteiger partial charge in [-0.05, 0) is 36.4 Å². The molecule has 2 N–H and O–H groups in total. The molecule has 2 rings (SSSR count). The molecule has 0 bridgehead atoms. The molecule has 19 heavy (non-hydrogen) atoms. The molecule has 0 spiro atoms. The molecule has 6 heteroatoms. The van der Waals surface area contributed by atoms with Crippen LogP contribution in [-0.4, -0.2) is 0 Å². The van der Waals surface area contributed by atoms with Crippen molar-refractivity contribution < 1.29 is 17.9 Å². The maximum absolute atomic E-state index is 12.6. The van der Waals surface area contributed by atoms with Crippen LogP contribution in [0.2, 0.25) is 5.02 Å². The molecule has 0 amide bonds. The Balaban J connectivity index is 2.34. The predicted octanol–water partition coefficient (Wildman–Crippen LogP) is 4.73. The minimum atomic E-state index is -4.44. The molecule has 0 fully saturated rings. The van der Waals surface area contributed by atoms with E-state index in [0.29, 0.717) is 10.8 Å². The van der Waals surface area contributed by atoms with E-state index >= 15 is 0 Å². The molecule has 2 aromatic rings. The van der Waals surface area contributed by atoms with Crippen LogP contribution in [0.5, 0.6) is 11.5 Å². The van der Waals surface area contributed by atoms with Crippen LogP contribution in [0.1, 0.15) is 5.56 Å². The Bertz CT molecular complexity index is 599. The van der Waals surface area contributed by atoms with Crippen LogP contribution in [0.4, 0.5) is 18.9 Å². The third kappa shape index (κ3) is 3.32. The Morgan fingerprint density at radius 2 is 1.79 bits per heavy atom. The first-order valence-electron chi connectivity index (χ1n) is 5.26. The number of halogens is 4. The van der Waals surface area contributed by atoms with Crippen molar-refractivity contribution in [1.82, 2.24) is 0 Å². The zero-order valence-electron chi connectivity index (χ0n) is 9.54. The highest BCUT2D eigenvalue weighted by atomic mass is 35.5. The number of nitrogens with two attached hydrogens (primary N) is 1. The van der Waals surface area contributed by atoms with Crippen LogP contribution in [-0.2, 0) is 6.18 Å². The molecule has 0 unspecified atom stereocenters. The fourth-order valence-corrected chi connectivity index (χ4v) is 1.64. The van der Waals surface area contributed by atoms with Gasteiger partial charge in [0.2, 0.25) is 0 Å². The second-order valence-electron chi connectivity index (χ2n) is 3.81. The standard InChI is InChI=1S/C13H9ClF3NO/c14-9-2-1-3-10(7-9)19-12-6-8(13(15,16)17)4-5-11(12)18/h1-7H,18H2. The van der Waals surface area contributed by atoms with Gasteiger partial charge in [0.25, 0.3) is 0 Å². The van der Waals surface area contributed by atoms with Gasteiger partial charge in [-0.3, -0.25) is 0 Å². The van der Waals surface area contributed by atoms with Crippen molar-refractivity contribution in [2.45, 2.75) is 6.18 Å². The lowest BCUT2D eigenvalue weighted by Gasteiger charge is -2.12. The highest BCUT2D eigenvalue weighted by Gasteiger charge is 2.31. The molecular weight excluding hydrogens is 279 g/mol. The van der Waals surface area contributed by atoms with Crippen molar-refractivity contribution in [3.63, 3.8) is 0 Å². The number of hydrogen-bond acceptors (Lipinski definition) is 2. The van der Waals surface area contributed by atoms with Crippen LogP contribution in [0, 0.1) is 0 Å². The largest absolute Gasteiger partial charge is 0.455 e. The highest BCUT2D eigenvalue weighted by molar-refractivity contribution is 6.30. The van der Waals surface area contributed by atoms with E-state index < -0.39 is 11.7 Å². The number of alkyl halides is 3. The van der Waals surface area contributed by atoms with Gasteiger partial charge in [0.05, 0.1) is 11.3 Å². The summed E-state index contributed by atoms with van der Waals surface area (Å²) >= 11 is 5.76. The van der Waals surface area contributed by atoms with Gasteiger partial charge in [0, 0.05) is 5.02 Å². The molecule has 100 valence electrons. The molecule has 2 nitrogen and oxygen atoms in total. The third-order valence-corrected chi connectivity index (χ3v) is 2.60. The summed E-state index contributed by atoms with van der Waals surface area (Å²) in [6.45, 7) is 0. The van der Waals surface area contributed by atoms with Crippen LogP contribution in [0.3, 0.4) is 0 Å². The van der Waals surface area contributed by atoms with Gasteiger partial charge in [0.15, 0.2) is 5.75 Å². The maximum Gasteiger partial charge on any atom is 0.416 e. The quantitative estimate of drug-likeness (QED) is 0.810. The van der Waals surface area contributed by atoms with Gasteiger partial charge < -0.3 is 10.5 Å². The minimum Gasteiger partial charge on any atom is -0.455 e. The summed E-state index contributed by atoms with van der Waals surface area (Å²) in [4.78, 5) is 0. The zero-order valence-corrected chi connectivity index (χ0v) is 10.3. The van der Waals surface area contributed by atoms with Gasteiger partial charge in [-0.25, -0.2) is 0 Å². The Morgan fingerprint density at radius 1 is 1.05 bits per heavy atom. The van der Waals surface area contributed by atoms with Crippen LogP contribution in [0.25, 0.3) is 0 Å². The fraction of sp³-hybridized carbons (Fsp3) is 0.0769. The Labute approximate surface area is 112 Å². The molecule has 0 radical (unpaired) electrons. The number of benzene rings is 2. The molecule has 0 aliphatic heterocycles. The van der Waals surface area contributed by atoms with Crippen molar-refractivity contribution in [3.8, 4) is 11.5 Å². The number of anilines is 1. The fourth-order valence-electron chi connectivity index (χ4n) is 1.46. The van der Waals surface area contributed by atoms with Gasteiger partial charge in [-0.15, -0.1) is 0 Å². The predicted molar refractivity (Wildman–Crippen MR) is 67.4 cm³/mol. The molecular formula is C13H9ClF3NO. The lowest BCUT2D eigenvalue weighted by molar-refractivity contribution is -0.137. The van der Waals surface area contributed by atoms with Gasteiger partial charge in [0.1, 0.15) is 5.75 Å². The first-order chi connectivity index (χ1) is 8.86. The van der Waals surface area contributed by atoms with E-state index in [1.807, 2.05) is 0 Å². The van der Waals surface area contributed by atoms with E-state index in [2.05, 4.69) is 0 Å². The van der Waals surface area contributed by atoms with Crippen LogP contribution >= 0.6 is 11.6 Å². The first kappa shape index (κ1) is 13.5. The molecule has 0 saturated carbocycles. The summed E-state index contributed by atoms with van der Waals surface area (Å²) in [6.07, 6.45) is -4.44. The summed E-state index contributed by atoms with van der Waals surface area (Å²) in [5.41, 5.74) is 4.89. The summed E-state index contributed by atoms with van der Waals surface area (Å²) in [7, 11) is 0. The van der Waals surface area contributed by atoms with E-state index in [1.165, 1.54) is 6.07 Å². The van der Waals surface area contributed by atoms with Crippen molar-refractivity contribution in [2.75, 3.05) is 5.73 Å². The Kier molecular flexibility index (Phi) is 3.57. The summed E-state index contributed by atoms with van der Waals surface area (Å²) in [5, 5.41) is 0.419. The SMILES string of the molecule is Nc1ccc(C(F)(F)F)cc1Oc1cccc(Cl)c1. The van der Waals surface area contributed by atoms with Gasteiger partial charge in [-0.2, -0.15) is 13.2 Å². The normalized spacial score (nSPS) is 11.4. The van der Waals surface area contributed by atoms with Crippen molar-refractivity contribution in [2.24, 2.45) is 0 Å². The van der Waals surface area contributed by atoms with E-state index in [9.17, 15) is 13.2 Å². The lowest BCUT2D eigenvalue weighted by atomic mass is 10.2. The van der Waals surface area contributed by atoms with E-state index in [0.717, 1.165) is 18.2 Å². The topological polar surface area (TPSA) is 35.2 Å². The summed E-state index contributed by atoms with van der Waals surface area (Å²) in [5.74, 6) is 0.260. The first-order valence-corrected chi connectivity index (χ1v) is 5.64. The number of rotatable bonds is 2. The number of nitrogen functional groups attached to an aromatic ring is 1. The zero-order chi connectivity index (χ0) is 14.0. The lowest BCUT2D eigenvalue weighted by Crippen LogP contribution is -2.05. The Hall–Kier alpha value is -1.88. The van der Waals surface area contributed by atoms with Crippen molar-refractivity contribution in [3.05, 3.63) is 53.1 Å². The molecule has 0 heterocycles. The molecule has 0 aromatic heterocycles. The monoisotopic (exact) mass is 287 g/mol. The van der Waals surface area contributed by atoms with Crippen LogP contribution < -0.4 is 10.5 Å². The molecule has 2 aromatic carbocycles. The van der Waals surface area contributed by atoms with E-state index in [4.69, 9.17) is 22.1 Å². The smallest absolute Gasteiger partial charge is 0.416 e. The molecule has 0 aliphatic carbocycles. The highest BCUT2D eigenvalue weighted by Crippen LogP contribution is 2.36. The van der Waals surface area contributed by atoms with Crippen LogP contribution in [0.15, 0.2) is 42.5 Å². The van der Waals surface area contributed by atoms with E-state index in [-0.39, 0.29) is 11.4 Å². The van der Waals surface area contributed by atoms with E-state index in [1.54, 1.807) is 18.2 Å². The summed E-state index contributed by atoms with van der Waals surface area (Å²) in [6, 6.07) is 9.23. The maximum atomic E-state index is 12.6. The number of hydrogen-bond donors (Lipinski definition) is 1. The molecule has 0 atom stereocenters. The second kappa shape index (κ2) is 5.01. The third-order valence-electron chi connectivity index (χ3n) is 2.36. The second-order valence-corrected chi connectivity index (χ2v) is 4.25. The Morgan fingerprint density at radius 3 is 2.42 bits per heavy atom. The van der Waals surface area contributed by atoms with Gasteiger partial charge in [-0.1, -0.05) is 17.7 Å². The average Bonchev–Trinajstić information content (AvgIpc) is 2.30. The van der Waals surface area contributed by atoms with Gasteiger partial charge >= 0.3 is 6.18 Å². The van der Waals surface area contributed by atoms with Crippen molar-refractivity contribution >= 4 is 17.3 Å². The molecule has 0 aliphatic rings. The molecule has 0 saturated heterocycles. The average molecular weight is 288 g/mol.